The molecule has 116 valence electrons. The Hall–Kier alpha value is -2.80. The fraction of sp³-hybridized carbons (Fsp3) is 0.125. The van der Waals surface area contributed by atoms with Gasteiger partial charge in [-0.2, -0.15) is 5.10 Å². The minimum absolute atomic E-state index is 0.326. The van der Waals surface area contributed by atoms with Crippen LogP contribution in [-0.2, 0) is 7.05 Å². The molecule has 6 nitrogen and oxygen atoms in total. The molecular formula is C16H14N4O2S. The summed E-state index contributed by atoms with van der Waals surface area (Å²) < 4.78 is 1.72. The quantitative estimate of drug-likeness (QED) is 0.796. The second-order valence-electron chi connectivity index (χ2n) is 5.00. The van der Waals surface area contributed by atoms with Gasteiger partial charge in [0.15, 0.2) is 5.82 Å². The maximum atomic E-state index is 11.0. The highest BCUT2D eigenvalue weighted by Crippen LogP contribution is 2.24. The van der Waals surface area contributed by atoms with Crippen molar-refractivity contribution in [2.75, 3.05) is 0 Å². The third kappa shape index (κ3) is 3.35. The first-order valence-corrected chi connectivity index (χ1v) is 7.68. The summed E-state index contributed by atoms with van der Waals surface area (Å²) >= 11 is 1.24. The van der Waals surface area contributed by atoms with Crippen LogP contribution in [0.3, 0.4) is 0 Å². The van der Waals surface area contributed by atoms with Gasteiger partial charge in [-0.05, 0) is 36.8 Å². The SMILES string of the molecule is Cc1cc(C(=O)O)sc1/C=C/c1nccc(-c2cnn(C)c2)n1. The lowest BCUT2D eigenvalue weighted by atomic mass is 10.2. The van der Waals surface area contributed by atoms with Crippen LogP contribution in [0.25, 0.3) is 23.4 Å². The molecule has 7 heteroatoms. The van der Waals surface area contributed by atoms with Crippen LogP contribution < -0.4 is 0 Å². The molecule has 3 rings (SSSR count). The molecule has 0 aliphatic rings. The van der Waals surface area contributed by atoms with E-state index in [4.69, 9.17) is 5.11 Å². The fourth-order valence-corrected chi connectivity index (χ4v) is 3.00. The van der Waals surface area contributed by atoms with Gasteiger partial charge in [-0.3, -0.25) is 4.68 Å². The Balaban J connectivity index is 1.87. The number of aromatic nitrogens is 4. The van der Waals surface area contributed by atoms with Crippen LogP contribution in [0.5, 0.6) is 0 Å². The van der Waals surface area contributed by atoms with E-state index in [1.165, 1.54) is 11.3 Å². The number of aryl methyl sites for hydroxylation is 2. The summed E-state index contributed by atoms with van der Waals surface area (Å²) in [7, 11) is 1.85. The highest BCUT2D eigenvalue weighted by molar-refractivity contribution is 7.15. The zero-order valence-electron chi connectivity index (χ0n) is 12.6. The van der Waals surface area contributed by atoms with E-state index in [1.54, 1.807) is 29.2 Å². The van der Waals surface area contributed by atoms with Gasteiger partial charge in [0.2, 0.25) is 0 Å². The number of aromatic carboxylic acids is 1. The normalized spacial score (nSPS) is 11.2. The molecule has 0 saturated heterocycles. The minimum atomic E-state index is -0.910. The molecule has 0 aliphatic heterocycles. The molecule has 0 radical (unpaired) electrons. The van der Waals surface area contributed by atoms with E-state index >= 15 is 0 Å². The summed E-state index contributed by atoms with van der Waals surface area (Å²) in [5.41, 5.74) is 2.64. The van der Waals surface area contributed by atoms with Crippen LogP contribution in [-0.4, -0.2) is 30.8 Å². The molecule has 1 N–H and O–H groups in total. The van der Waals surface area contributed by atoms with Gasteiger partial charge in [-0.15, -0.1) is 11.3 Å². The average molecular weight is 326 g/mol. The monoisotopic (exact) mass is 326 g/mol. The van der Waals surface area contributed by atoms with Crippen molar-refractivity contribution >= 4 is 29.5 Å². The fourth-order valence-electron chi connectivity index (χ4n) is 2.09. The van der Waals surface area contributed by atoms with Crippen molar-refractivity contribution in [2.24, 2.45) is 7.05 Å². The molecular weight excluding hydrogens is 312 g/mol. The van der Waals surface area contributed by atoms with Crippen LogP contribution in [0.1, 0.15) is 25.9 Å². The molecule has 0 fully saturated rings. The predicted molar refractivity (Wildman–Crippen MR) is 89.2 cm³/mol. The lowest BCUT2D eigenvalue weighted by molar-refractivity contribution is 0.0702. The zero-order valence-corrected chi connectivity index (χ0v) is 13.4. The van der Waals surface area contributed by atoms with Gasteiger partial charge >= 0.3 is 5.97 Å². The van der Waals surface area contributed by atoms with E-state index in [1.807, 2.05) is 32.3 Å². The van der Waals surface area contributed by atoms with Crippen LogP contribution in [0.15, 0.2) is 30.7 Å². The Kier molecular flexibility index (Phi) is 4.03. The molecule has 0 unspecified atom stereocenters. The van der Waals surface area contributed by atoms with Gasteiger partial charge in [-0.1, -0.05) is 0 Å². The van der Waals surface area contributed by atoms with Gasteiger partial charge < -0.3 is 5.11 Å². The third-order valence-corrected chi connectivity index (χ3v) is 4.42. The number of rotatable bonds is 4. The molecule has 0 saturated carbocycles. The standard InChI is InChI=1S/C16H14N4O2S/c1-10-7-14(16(21)22)23-13(10)3-4-15-17-6-5-12(19-15)11-8-18-20(2)9-11/h3-9H,1-2H3,(H,21,22)/b4-3+. The Morgan fingerprint density at radius 3 is 2.87 bits per heavy atom. The van der Waals surface area contributed by atoms with Gasteiger partial charge in [0.05, 0.1) is 11.9 Å². The predicted octanol–water partition coefficient (Wildman–Crippen LogP) is 3.12. The molecule has 0 bridgehead atoms. The van der Waals surface area contributed by atoms with Crippen molar-refractivity contribution < 1.29 is 9.90 Å². The summed E-state index contributed by atoms with van der Waals surface area (Å²) in [5, 5.41) is 13.2. The van der Waals surface area contributed by atoms with E-state index in [2.05, 4.69) is 15.1 Å². The number of carboxylic acids is 1. The summed E-state index contributed by atoms with van der Waals surface area (Å²) in [6, 6.07) is 3.49. The first-order valence-electron chi connectivity index (χ1n) is 6.87. The molecule has 23 heavy (non-hydrogen) atoms. The van der Waals surface area contributed by atoms with E-state index in [-0.39, 0.29) is 0 Å². The second-order valence-corrected chi connectivity index (χ2v) is 6.08. The van der Waals surface area contributed by atoms with E-state index in [0.29, 0.717) is 10.7 Å². The molecule has 0 aliphatic carbocycles. The van der Waals surface area contributed by atoms with Crippen molar-refractivity contribution in [2.45, 2.75) is 6.92 Å². The Morgan fingerprint density at radius 1 is 1.39 bits per heavy atom. The van der Waals surface area contributed by atoms with Gasteiger partial charge in [0.1, 0.15) is 4.88 Å². The first kappa shape index (κ1) is 15.1. The van der Waals surface area contributed by atoms with Crippen molar-refractivity contribution in [3.8, 4) is 11.3 Å². The highest BCUT2D eigenvalue weighted by Gasteiger charge is 2.09. The number of carbonyl (C=O) groups is 1. The maximum absolute atomic E-state index is 11.0. The smallest absolute Gasteiger partial charge is 0.345 e. The molecule has 0 atom stereocenters. The number of carboxylic acid groups (broad SMARTS) is 1. The van der Waals surface area contributed by atoms with Crippen LogP contribution in [0, 0.1) is 6.92 Å². The summed E-state index contributed by atoms with van der Waals surface area (Å²) in [6.45, 7) is 1.88. The number of hydrogen-bond donors (Lipinski definition) is 1. The molecule has 0 spiro atoms. The van der Waals surface area contributed by atoms with Gasteiger partial charge in [-0.25, -0.2) is 14.8 Å². The minimum Gasteiger partial charge on any atom is -0.477 e. The zero-order chi connectivity index (χ0) is 16.4. The van der Waals surface area contributed by atoms with E-state index in [9.17, 15) is 4.79 Å². The second kappa shape index (κ2) is 6.13. The highest BCUT2D eigenvalue weighted by atomic mass is 32.1. The topological polar surface area (TPSA) is 80.9 Å². The Bertz CT molecular complexity index is 895. The van der Waals surface area contributed by atoms with Gasteiger partial charge in [0, 0.05) is 29.9 Å². The van der Waals surface area contributed by atoms with E-state index < -0.39 is 5.97 Å². The van der Waals surface area contributed by atoms with Crippen molar-refractivity contribution in [3.63, 3.8) is 0 Å². The van der Waals surface area contributed by atoms with Crippen molar-refractivity contribution in [1.29, 1.82) is 0 Å². The summed E-state index contributed by atoms with van der Waals surface area (Å²) in [6.07, 6.45) is 8.95. The summed E-state index contributed by atoms with van der Waals surface area (Å²) in [4.78, 5) is 20.9. The van der Waals surface area contributed by atoms with Crippen molar-refractivity contribution in [1.82, 2.24) is 19.7 Å². The van der Waals surface area contributed by atoms with Crippen LogP contribution in [0.2, 0.25) is 0 Å². The lowest BCUT2D eigenvalue weighted by Crippen LogP contribution is -1.89. The largest absolute Gasteiger partial charge is 0.477 e. The average Bonchev–Trinajstić information content (AvgIpc) is 3.12. The number of hydrogen-bond acceptors (Lipinski definition) is 5. The maximum Gasteiger partial charge on any atom is 0.345 e. The number of thiophene rings is 1. The molecule has 0 amide bonds. The van der Waals surface area contributed by atoms with Crippen LogP contribution >= 0.6 is 11.3 Å². The van der Waals surface area contributed by atoms with Gasteiger partial charge in [0.25, 0.3) is 0 Å². The van der Waals surface area contributed by atoms with E-state index in [0.717, 1.165) is 21.7 Å². The lowest BCUT2D eigenvalue weighted by Gasteiger charge is -1.97. The molecule has 3 aromatic heterocycles. The Labute approximate surface area is 136 Å². The first-order chi connectivity index (χ1) is 11.0. The molecule has 3 aromatic rings. The van der Waals surface area contributed by atoms with Crippen LogP contribution in [0.4, 0.5) is 0 Å². The number of nitrogens with zero attached hydrogens (tertiary/aromatic N) is 4. The summed E-state index contributed by atoms with van der Waals surface area (Å²) in [5.74, 6) is -0.344. The molecule has 0 aromatic carbocycles. The van der Waals surface area contributed by atoms with Crippen molar-refractivity contribution in [3.05, 3.63) is 51.9 Å². The molecule has 3 heterocycles. The Morgan fingerprint density at radius 2 is 2.22 bits per heavy atom. The third-order valence-electron chi connectivity index (χ3n) is 3.23.